The number of aryl methyl sites for hydroxylation is 1. The Hall–Kier alpha value is -1.10. The van der Waals surface area contributed by atoms with E-state index >= 15 is 0 Å². The van der Waals surface area contributed by atoms with Crippen molar-refractivity contribution in [1.29, 1.82) is 0 Å². The predicted octanol–water partition coefficient (Wildman–Crippen LogP) is 1.84. The first-order chi connectivity index (χ1) is 9.56. The van der Waals surface area contributed by atoms with E-state index in [9.17, 15) is 4.79 Å². The summed E-state index contributed by atoms with van der Waals surface area (Å²) in [4.78, 5) is 14.0. The van der Waals surface area contributed by atoms with Gasteiger partial charge in [-0.15, -0.1) is 12.4 Å². The van der Waals surface area contributed by atoms with Gasteiger partial charge in [-0.05, 0) is 37.8 Å². The van der Waals surface area contributed by atoms with Gasteiger partial charge >= 0.3 is 0 Å². The topological polar surface area (TPSA) is 58.4 Å². The molecular formula is C16H26ClN3O. The summed E-state index contributed by atoms with van der Waals surface area (Å²) >= 11 is 0. The lowest BCUT2D eigenvalue weighted by molar-refractivity contribution is -0.123. The number of benzene rings is 1. The summed E-state index contributed by atoms with van der Waals surface area (Å²) in [5, 5.41) is 3.02. The maximum atomic E-state index is 11.6. The molecule has 1 saturated heterocycles. The van der Waals surface area contributed by atoms with E-state index in [1.807, 2.05) is 0 Å². The molecule has 21 heavy (non-hydrogen) atoms. The number of halogens is 1. The third-order valence-corrected chi connectivity index (χ3v) is 4.00. The van der Waals surface area contributed by atoms with E-state index in [1.165, 1.54) is 11.1 Å². The van der Waals surface area contributed by atoms with Crippen molar-refractivity contribution in [3.8, 4) is 0 Å². The first-order valence-electron chi connectivity index (χ1n) is 7.39. The zero-order chi connectivity index (χ0) is 14.5. The summed E-state index contributed by atoms with van der Waals surface area (Å²) in [6.45, 7) is 6.94. The van der Waals surface area contributed by atoms with Crippen LogP contribution in [0.3, 0.4) is 0 Å². The normalized spacial score (nSPS) is 17.9. The van der Waals surface area contributed by atoms with Gasteiger partial charge < -0.3 is 11.1 Å². The summed E-state index contributed by atoms with van der Waals surface area (Å²) in [6, 6.07) is 8.39. The summed E-state index contributed by atoms with van der Waals surface area (Å²) < 4.78 is 0. The van der Waals surface area contributed by atoms with E-state index in [0.717, 1.165) is 32.5 Å². The molecule has 3 N–H and O–H groups in total. The minimum Gasteiger partial charge on any atom is -0.352 e. The number of nitrogens with one attached hydrogen (secondary N) is 1. The number of rotatable bonds is 4. The second-order valence-electron chi connectivity index (χ2n) is 5.77. The molecule has 1 aromatic rings. The maximum absolute atomic E-state index is 11.6. The monoisotopic (exact) mass is 311 g/mol. The standard InChI is InChI=1S/C16H25N3O.ClH/c1-12-5-3-4-6-14(12)11-19-9-7-15(8-10-19)18-16(20)13(2)17;/h3-6,13,15H,7-11,17H2,1-2H3,(H,18,20);1H. The van der Waals surface area contributed by atoms with Crippen LogP contribution in [0.25, 0.3) is 0 Å². The van der Waals surface area contributed by atoms with E-state index < -0.39 is 6.04 Å². The van der Waals surface area contributed by atoms with Gasteiger partial charge in [0.05, 0.1) is 6.04 Å². The highest BCUT2D eigenvalue weighted by atomic mass is 35.5. The zero-order valence-corrected chi connectivity index (χ0v) is 13.7. The maximum Gasteiger partial charge on any atom is 0.236 e. The van der Waals surface area contributed by atoms with Crippen molar-refractivity contribution in [3.63, 3.8) is 0 Å². The second kappa shape index (κ2) is 8.37. The molecule has 1 aliphatic heterocycles. The molecule has 1 atom stereocenters. The fourth-order valence-corrected chi connectivity index (χ4v) is 2.60. The fourth-order valence-electron chi connectivity index (χ4n) is 2.60. The molecule has 4 nitrogen and oxygen atoms in total. The van der Waals surface area contributed by atoms with Crippen molar-refractivity contribution >= 4 is 18.3 Å². The van der Waals surface area contributed by atoms with Gasteiger partial charge in [-0.2, -0.15) is 0 Å². The molecule has 1 amide bonds. The number of carbonyl (C=O) groups excluding carboxylic acids is 1. The number of piperidine rings is 1. The van der Waals surface area contributed by atoms with E-state index in [0.29, 0.717) is 0 Å². The van der Waals surface area contributed by atoms with Crippen LogP contribution >= 0.6 is 12.4 Å². The Kier molecular flexibility index (Phi) is 7.15. The van der Waals surface area contributed by atoms with Gasteiger partial charge in [0.1, 0.15) is 0 Å². The lowest BCUT2D eigenvalue weighted by Gasteiger charge is -2.33. The molecule has 1 aliphatic rings. The number of likely N-dealkylation sites (tertiary alicyclic amines) is 1. The molecule has 0 aliphatic carbocycles. The van der Waals surface area contributed by atoms with Gasteiger partial charge in [-0.3, -0.25) is 9.69 Å². The van der Waals surface area contributed by atoms with Crippen LogP contribution in [-0.4, -0.2) is 36.0 Å². The molecule has 1 aromatic carbocycles. The molecule has 1 unspecified atom stereocenters. The van der Waals surface area contributed by atoms with Crippen molar-refractivity contribution in [1.82, 2.24) is 10.2 Å². The van der Waals surface area contributed by atoms with Crippen molar-refractivity contribution in [2.45, 2.75) is 45.3 Å². The Morgan fingerprint density at radius 3 is 2.57 bits per heavy atom. The molecule has 1 fully saturated rings. The van der Waals surface area contributed by atoms with Crippen LogP contribution in [-0.2, 0) is 11.3 Å². The average molecular weight is 312 g/mol. The Morgan fingerprint density at radius 2 is 2.00 bits per heavy atom. The molecular weight excluding hydrogens is 286 g/mol. The van der Waals surface area contributed by atoms with Crippen LogP contribution in [0.4, 0.5) is 0 Å². The van der Waals surface area contributed by atoms with Crippen LogP contribution in [0.5, 0.6) is 0 Å². The lowest BCUT2D eigenvalue weighted by atomic mass is 10.0. The van der Waals surface area contributed by atoms with Gasteiger partial charge in [-0.25, -0.2) is 0 Å². The molecule has 118 valence electrons. The van der Waals surface area contributed by atoms with E-state index in [4.69, 9.17) is 5.73 Å². The van der Waals surface area contributed by atoms with Gasteiger partial charge in [-0.1, -0.05) is 24.3 Å². The summed E-state index contributed by atoms with van der Waals surface area (Å²) in [5.41, 5.74) is 8.32. The van der Waals surface area contributed by atoms with Crippen LogP contribution in [0.1, 0.15) is 30.9 Å². The number of hydrogen-bond acceptors (Lipinski definition) is 3. The van der Waals surface area contributed by atoms with Gasteiger partial charge in [0.15, 0.2) is 0 Å². The third kappa shape index (κ3) is 5.30. The van der Waals surface area contributed by atoms with E-state index in [2.05, 4.69) is 41.4 Å². The molecule has 0 aromatic heterocycles. The number of nitrogens with two attached hydrogens (primary N) is 1. The second-order valence-corrected chi connectivity index (χ2v) is 5.77. The number of nitrogens with zero attached hydrogens (tertiary/aromatic N) is 1. The molecule has 1 heterocycles. The predicted molar refractivity (Wildman–Crippen MR) is 88.5 cm³/mol. The molecule has 0 radical (unpaired) electrons. The van der Waals surface area contributed by atoms with Crippen LogP contribution in [0, 0.1) is 6.92 Å². The summed E-state index contributed by atoms with van der Waals surface area (Å²) in [6.07, 6.45) is 2.01. The summed E-state index contributed by atoms with van der Waals surface area (Å²) in [5.74, 6) is -0.0395. The highest BCUT2D eigenvalue weighted by Gasteiger charge is 2.21. The van der Waals surface area contributed by atoms with E-state index in [-0.39, 0.29) is 24.4 Å². The highest BCUT2D eigenvalue weighted by molar-refractivity contribution is 5.85. The quantitative estimate of drug-likeness (QED) is 0.892. The highest BCUT2D eigenvalue weighted by Crippen LogP contribution is 2.16. The first kappa shape index (κ1) is 18.0. The summed E-state index contributed by atoms with van der Waals surface area (Å²) in [7, 11) is 0. The molecule has 0 spiro atoms. The van der Waals surface area contributed by atoms with Gasteiger partial charge in [0, 0.05) is 25.7 Å². The first-order valence-corrected chi connectivity index (χ1v) is 7.39. The smallest absolute Gasteiger partial charge is 0.236 e. The fraction of sp³-hybridized carbons (Fsp3) is 0.562. The van der Waals surface area contributed by atoms with Gasteiger partial charge in [0.2, 0.25) is 5.91 Å². The van der Waals surface area contributed by atoms with Crippen molar-refractivity contribution < 1.29 is 4.79 Å². The largest absolute Gasteiger partial charge is 0.352 e. The Balaban J connectivity index is 0.00000220. The van der Waals surface area contributed by atoms with Crippen LogP contribution in [0.15, 0.2) is 24.3 Å². The number of amides is 1. The average Bonchev–Trinajstić information content (AvgIpc) is 2.43. The van der Waals surface area contributed by atoms with Crippen molar-refractivity contribution in [3.05, 3.63) is 35.4 Å². The van der Waals surface area contributed by atoms with Crippen molar-refractivity contribution in [2.75, 3.05) is 13.1 Å². The minimum absolute atomic E-state index is 0. The number of hydrogen-bond donors (Lipinski definition) is 2. The minimum atomic E-state index is -0.417. The zero-order valence-electron chi connectivity index (χ0n) is 12.8. The van der Waals surface area contributed by atoms with Crippen LogP contribution < -0.4 is 11.1 Å². The SMILES string of the molecule is Cc1ccccc1CN1CCC(NC(=O)C(C)N)CC1.Cl. The Morgan fingerprint density at radius 1 is 1.38 bits per heavy atom. The van der Waals surface area contributed by atoms with E-state index in [1.54, 1.807) is 6.92 Å². The molecule has 0 saturated carbocycles. The Bertz CT molecular complexity index is 457. The van der Waals surface area contributed by atoms with Crippen molar-refractivity contribution in [2.24, 2.45) is 5.73 Å². The molecule has 5 heteroatoms. The number of carbonyl (C=O) groups is 1. The Labute approximate surface area is 133 Å². The molecule has 0 bridgehead atoms. The third-order valence-electron chi connectivity index (χ3n) is 4.00. The molecule has 2 rings (SSSR count). The van der Waals surface area contributed by atoms with Gasteiger partial charge in [0.25, 0.3) is 0 Å². The van der Waals surface area contributed by atoms with Crippen LogP contribution in [0.2, 0.25) is 0 Å². The lowest BCUT2D eigenvalue weighted by Crippen LogP contribution is -2.48.